The predicted molar refractivity (Wildman–Crippen MR) is 215 cm³/mol. The maximum Gasteiger partial charge on any atom is 0.135 e. The summed E-state index contributed by atoms with van der Waals surface area (Å²) in [7, 11) is 0. The molecular weight excluding hydrogens is 605 g/mol. The SMILES string of the molecule is C=Cc1oc2ccc(-c3ccc4c(-c5cccc6ccccc56)c5ccccc5c(-c5ccccc5-c5ccccc5)c4c3)cc2c1/C=C\C. The van der Waals surface area contributed by atoms with Gasteiger partial charge in [0.2, 0.25) is 0 Å². The molecule has 8 aromatic carbocycles. The third-order valence-corrected chi connectivity index (χ3v) is 9.97. The van der Waals surface area contributed by atoms with Crippen LogP contribution in [0.3, 0.4) is 0 Å². The number of rotatable bonds is 6. The summed E-state index contributed by atoms with van der Waals surface area (Å²) < 4.78 is 6.17. The molecule has 0 N–H and O–H groups in total. The van der Waals surface area contributed by atoms with E-state index in [1.165, 1.54) is 65.7 Å². The van der Waals surface area contributed by atoms with Crippen molar-refractivity contribution >= 4 is 55.4 Å². The Hall–Kier alpha value is -6.44. The summed E-state index contributed by atoms with van der Waals surface area (Å²) in [6, 6.07) is 57.4. The Bertz CT molecular complexity index is 2770. The van der Waals surface area contributed by atoms with Crippen molar-refractivity contribution in [1.82, 2.24) is 0 Å². The van der Waals surface area contributed by atoms with Gasteiger partial charge >= 0.3 is 0 Å². The second kappa shape index (κ2) is 12.2. The fraction of sp³-hybridized carbons (Fsp3) is 0.0204. The minimum Gasteiger partial charge on any atom is -0.456 e. The molecule has 0 saturated heterocycles. The summed E-state index contributed by atoms with van der Waals surface area (Å²) in [6.07, 6.45) is 5.95. The first-order valence-corrected chi connectivity index (χ1v) is 17.2. The van der Waals surface area contributed by atoms with E-state index in [0.29, 0.717) is 0 Å². The molecule has 9 aromatic rings. The lowest BCUT2D eigenvalue weighted by Gasteiger charge is -2.21. The Balaban J connectivity index is 1.41. The van der Waals surface area contributed by atoms with Crippen LogP contribution < -0.4 is 0 Å². The lowest BCUT2D eigenvalue weighted by molar-refractivity contribution is 0.603. The first kappa shape index (κ1) is 29.7. The molecular formula is C49H34O. The van der Waals surface area contributed by atoms with E-state index in [4.69, 9.17) is 4.42 Å². The molecule has 0 aliphatic rings. The molecule has 0 fully saturated rings. The predicted octanol–water partition coefficient (Wildman–Crippen LogP) is 14.2. The van der Waals surface area contributed by atoms with Gasteiger partial charge in [-0.1, -0.05) is 158 Å². The number of fused-ring (bicyclic) bond motifs is 4. The van der Waals surface area contributed by atoms with Gasteiger partial charge in [-0.2, -0.15) is 0 Å². The molecule has 1 heteroatoms. The minimum absolute atomic E-state index is 0.791. The van der Waals surface area contributed by atoms with Crippen molar-refractivity contribution in [3.05, 3.63) is 182 Å². The van der Waals surface area contributed by atoms with E-state index in [1.54, 1.807) is 6.08 Å². The molecule has 0 radical (unpaired) electrons. The van der Waals surface area contributed by atoms with Crippen LogP contribution in [0.4, 0.5) is 0 Å². The maximum atomic E-state index is 6.17. The van der Waals surface area contributed by atoms with Gasteiger partial charge in [0.05, 0.1) is 0 Å². The smallest absolute Gasteiger partial charge is 0.135 e. The highest BCUT2D eigenvalue weighted by molar-refractivity contribution is 6.24. The zero-order valence-electron chi connectivity index (χ0n) is 27.9. The van der Waals surface area contributed by atoms with Crippen molar-refractivity contribution in [3.63, 3.8) is 0 Å². The van der Waals surface area contributed by atoms with Gasteiger partial charge in [-0.15, -0.1) is 0 Å². The summed E-state index contributed by atoms with van der Waals surface area (Å²) in [5.74, 6) is 0.791. The van der Waals surface area contributed by atoms with E-state index in [2.05, 4.69) is 176 Å². The normalized spacial score (nSPS) is 11.7. The quantitative estimate of drug-likeness (QED) is 0.165. The van der Waals surface area contributed by atoms with E-state index >= 15 is 0 Å². The summed E-state index contributed by atoms with van der Waals surface area (Å²) in [6.45, 7) is 6.03. The average Bonchev–Trinajstić information content (AvgIpc) is 3.53. The Morgan fingerprint density at radius 2 is 1.04 bits per heavy atom. The fourth-order valence-corrected chi connectivity index (χ4v) is 7.76. The molecule has 1 heterocycles. The van der Waals surface area contributed by atoms with Gasteiger partial charge in [0, 0.05) is 10.9 Å². The van der Waals surface area contributed by atoms with Crippen LogP contribution in [0.15, 0.2) is 175 Å². The molecule has 0 unspecified atom stereocenters. The number of hydrogen-bond acceptors (Lipinski definition) is 1. The average molecular weight is 639 g/mol. The fourth-order valence-electron chi connectivity index (χ4n) is 7.76. The standard InChI is InChI=1S/C49H34O/c1-3-15-38-44-30-35(27-29-47(44)50-46(38)4-2)34-26-28-43-45(31-34)49(39-22-11-10-21-36(39)32-16-6-5-7-17-32)42-24-13-12-23-41(42)48(43)40-25-14-19-33-18-8-9-20-37(33)40/h3-31H,2H2,1H3/b15-3-. The van der Waals surface area contributed by atoms with Crippen LogP contribution in [-0.4, -0.2) is 0 Å². The third kappa shape index (κ3) is 4.78. The Labute approximate surface area is 292 Å². The third-order valence-electron chi connectivity index (χ3n) is 9.97. The number of allylic oxidation sites excluding steroid dienone is 1. The monoisotopic (exact) mass is 638 g/mol. The minimum atomic E-state index is 0.791. The van der Waals surface area contributed by atoms with Crippen molar-refractivity contribution < 1.29 is 4.42 Å². The number of benzene rings is 8. The van der Waals surface area contributed by atoms with Crippen LogP contribution in [0.25, 0.3) is 99.9 Å². The molecule has 0 aliphatic carbocycles. The molecule has 1 aromatic heterocycles. The van der Waals surface area contributed by atoms with Gasteiger partial charge in [-0.3, -0.25) is 0 Å². The van der Waals surface area contributed by atoms with Crippen LogP contribution in [0.2, 0.25) is 0 Å². The largest absolute Gasteiger partial charge is 0.456 e. The van der Waals surface area contributed by atoms with Crippen molar-refractivity contribution in [1.29, 1.82) is 0 Å². The molecule has 0 atom stereocenters. The molecule has 1 nitrogen and oxygen atoms in total. The molecule has 9 rings (SSSR count). The second-order valence-corrected chi connectivity index (χ2v) is 12.8. The highest BCUT2D eigenvalue weighted by Gasteiger charge is 2.21. The van der Waals surface area contributed by atoms with E-state index < -0.39 is 0 Å². The Kier molecular flexibility index (Phi) is 7.25. The second-order valence-electron chi connectivity index (χ2n) is 12.8. The number of furan rings is 1. The highest BCUT2D eigenvalue weighted by Crippen LogP contribution is 2.48. The first-order chi connectivity index (χ1) is 24.7. The van der Waals surface area contributed by atoms with Gasteiger partial charge in [-0.25, -0.2) is 0 Å². The van der Waals surface area contributed by atoms with Crippen LogP contribution in [0.1, 0.15) is 18.2 Å². The maximum absolute atomic E-state index is 6.17. The van der Waals surface area contributed by atoms with E-state index in [-0.39, 0.29) is 0 Å². The first-order valence-electron chi connectivity index (χ1n) is 17.2. The molecule has 0 saturated carbocycles. The molecule has 50 heavy (non-hydrogen) atoms. The summed E-state index contributed by atoms with van der Waals surface area (Å²) in [5.41, 5.74) is 11.6. The van der Waals surface area contributed by atoms with Crippen molar-refractivity contribution in [2.45, 2.75) is 6.92 Å². The van der Waals surface area contributed by atoms with Gasteiger partial charge in [0.25, 0.3) is 0 Å². The van der Waals surface area contributed by atoms with Crippen molar-refractivity contribution in [2.75, 3.05) is 0 Å². The van der Waals surface area contributed by atoms with E-state index in [0.717, 1.165) is 33.4 Å². The summed E-state index contributed by atoms with van der Waals surface area (Å²) >= 11 is 0. The van der Waals surface area contributed by atoms with Gasteiger partial charge in [0.15, 0.2) is 0 Å². The van der Waals surface area contributed by atoms with Gasteiger partial charge < -0.3 is 4.42 Å². The van der Waals surface area contributed by atoms with Crippen LogP contribution >= 0.6 is 0 Å². The topological polar surface area (TPSA) is 13.1 Å². The molecule has 0 spiro atoms. The zero-order chi connectivity index (χ0) is 33.6. The molecule has 236 valence electrons. The van der Waals surface area contributed by atoms with E-state index in [1.807, 2.05) is 6.92 Å². The van der Waals surface area contributed by atoms with Gasteiger partial charge in [-0.05, 0) is 108 Å². The van der Waals surface area contributed by atoms with E-state index in [9.17, 15) is 0 Å². The van der Waals surface area contributed by atoms with Gasteiger partial charge in [0.1, 0.15) is 11.3 Å². The Morgan fingerprint density at radius 3 is 1.80 bits per heavy atom. The molecule has 0 amide bonds. The zero-order valence-corrected chi connectivity index (χ0v) is 27.9. The summed E-state index contributed by atoms with van der Waals surface area (Å²) in [5, 5.41) is 8.51. The van der Waals surface area contributed by atoms with Crippen LogP contribution in [0, 0.1) is 0 Å². The highest BCUT2D eigenvalue weighted by atomic mass is 16.3. The van der Waals surface area contributed by atoms with Crippen molar-refractivity contribution in [3.8, 4) is 44.5 Å². The Morgan fingerprint density at radius 1 is 0.460 bits per heavy atom. The summed E-state index contributed by atoms with van der Waals surface area (Å²) in [4.78, 5) is 0. The van der Waals surface area contributed by atoms with Crippen molar-refractivity contribution in [2.24, 2.45) is 0 Å². The lowest BCUT2D eigenvalue weighted by Crippen LogP contribution is -1.94. The molecule has 0 bridgehead atoms. The molecule has 0 aliphatic heterocycles. The van der Waals surface area contributed by atoms with Crippen LogP contribution in [0.5, 0.6) is 0 Å². The van der Waals surface area contributed by atoms with Crippen LogP contribution in [-0.2, 0) is 0 Å². The number of hydrogen-bond donors (Lipinski definition) is 0. The lowest BCUT2D eigenvalue weighted by atomic mass is 9.82.